The van der Waals surface area contributed by atoms with Crippen LogP contribution in [0.4, 0.5) is 0 Å². The average molecular weight is 197 g/mol. The van der Waals surface area contributed by atoms with Crippen LogP contribution in [0.15, 0.2) is 0 Å². The van der Waals surface area contributed by atoms with E-state index in [2.05, 4.69) is 15.9 Å². The van der Waals surface area contributed by atoms with E-state index in [9.17, 15) is 0 Å². The van der Waals surface area contributed by atoms with Crippen molar-refractivity contribution in [2.75, 3.05) is 6.61 Å². The zero-order chi connectivity index (χ0) is 7.28. The molecule has 0 spiro atoms. The molecule has 0 aliphatic heterocycles. The third-order valence-corrected chi connectivity index (χ3v) is 2.24. The van der Waals surface area contributed by atoms with Crippen molar-refractivity contribution in [1.82, 2.24) is 0 Å². The van der Waals surface area contributed by atoms with Crippen LogP contribution in [0.1, 0.15) is 19.8 Å². The molecule has 0 heterocycles. The molecule has 0 aromatic carbocycles. The van der Waals surface area contributed by atoms with Crippen LogP contribution in [-0.4, -0.2) is 27.8 Å². The fourth-order valence-electron chi connectivity index (χ4n) is 0.583. The maximum Gasteiger partial charge on any atom is 0.0895 e. The summed E-state index contributed by atoms with van der Waals surface area (Å²) in [6, 6.07) is 0. The Morgan fingerprint density at radius 1 is 1.56 bits per heavy atom. The Bertz CT molecular complexity index is 68.1. The van der Waals surface area contributed by atoms with E-state index in [4.69, 9.17) is 10.2 Å². The van der Waals surface area contributed by atoms with Crippen molar-refractivity contribution in [2.45, 2.75) is 30.7 Å². The van der Waals surface area contributed by atoms with Crippen molar-refractivity contribution in [3.63, 3.8) is 0 Å². The molecule has 0 fully saturated rings. The number of alkyl halides is 1. The summed E-state index contributed by atoms with van der Waals surface area (Å²) in [4.78, 5) is 0.0486. The highest BCUT2D eigenvalue weighted by atomic mass is 79.9. The maximum absolute atomic E-state index is 8.96. The summed E-state index contributed by atoms with van der Waals surface area (Å²) in [6.07, 6.45) is 1.32. The normalized spacial score (nSPS) is 17.3. The molecule has 2 N–H and O–H groups in total. The molecule has 0 radical (unpaired) electrons. The minimum absolute atomic E-state index is 0.0486. The van der Waals surface area contributed by atoms with E-state index < -0.39 is 6.10 Å². The Kier molecular flexibility index (Phi) is 5.44. The summed E-state index contributed by atoms with van der Waals surface area (Å²) in [5, 5.41) is 17.4. The summed E-state index contributed by atoms with van der Waals surface area (Å²) in [7, 11) is 0. The molecule has 0 aromatic heterocycles. The third kappa shape index (κ3) is 3.89. The van der Waals surface area contributed by atoms with E-state index in [-0.39, 0.29) is 11.4 Å². The van der Waals surface area contributed by atoms with Crippen LogP contribution in [0.5, 0.6) is 0 Å². The molecule has 0 bridgehead atoms. The lowest BCUT2D eigenvalue weighted by molar-refractivity contribution is 0.0926. The van der Waals surface area contributed by atoms with Crippen LogP contribution in [-0.2, 0) is 0 Å². The largest absolute Gasteiger partial charge is 0.394 e. The molecule has 2 nitrogen and oxygen atoms in total. The van der Waals surface area contributed by atoms with Crippen LogP contribution in [0.3, 0.4) is 0 Å². The maximum atomic E-state index is 8.96. The van der Waals surface area contributed by atoms with Gasteiger partial charge in [-0.15, -0.1) is 0 Å². The number of rotatable bonds is 4. The zero-order valence-corrected chi connectivity index (χ0v) is 7.13. The lowest BCUT2D eigenvalue weighted by atomic mass is 10.2. The van der Waals surface area contributed by atoms with Gasteiger partial charge in [0, 0.05) is 4.83 Å². The molecule has 0 aromatic rings. The van der Waals surface area contributed by atoms with Crippen molar-refractivity contribution in [2.24, 2.45) is 0 Å². The van der Waals surface area contributed by atoms with Gasteiger partial charge in [0.05, 0.1) is 12.7 Å². The van der Waals surface area contributed by atoms with Gasteiger partial charge in [-0.3, -0.25) is 0 Å². The number of aliphatic hydroxyl groups is 2. The topological polar surface area (TPSA) is 40.5 Å². The predicted molar refractivity (Wildman–Crippen MR) is 40.7 cm³/mol. The summed E-state index contributed by atoms with van der Waals surface area (Å²) in [5.74, 6) is 0. The van der Waals surface area contributed by atoms with Crippen LogP contribution in [0.25, 0.3) is 0 Å². The monoisotopic (exact) mass is 196 g/mol. The molecule has 0 amide bonds. The first-order valence-corrected chi connectivity index (χ1v) is 4.07. The first-order valence-electron chi connectivity index (χ1n) is 3.15. The molecule has 0 saturated heterocycles. The van der Waals surface area contributed by atoms with Crippen molar-refractivity contribution in [3.8, 4) is 0 Å². The summed E-state index contributed by atoms with van der Waals surface area (Å²) in [5.41, 5.74) is 0. The Morgan fingerprint density at radius 2 is 2.11 bits per heavy atom. The SMILES string of the molecule is CCCC(Br)C(O)CO. The fraction of sp³-hybridized carbons (Fsp3) is 1.00. The summed E-state index contributed by atoms with van der Waals surface area (Å²) in [6.45, 7) is 1.88. The molecular formula is C6H13BrO2. The Balaban J connectivity index is 3.32. The molecule has 9 heavy (non-hydrogen) atoms. The van der Waals surface area contributed by atoms with Crippen LogP contribution in [0.2, 0.25) is 0 Å². The van der Waals surface area contributed by atoms with Gasteiger partial charge in [0.2, 0.25) is 0 Å². The van der Waals surface area contributed by atoms with Gasteiger partial charge in [-0.2, -0.15) is 0 Å². The van der Waals surface area contributed by atoms with Crippen LogP contribution < -0.4 is 0 Å². The molecule has 3 heteroatoms. The second-order valence-electron chi connectivity index (χ2n) is 2.05. The molecule has 2 unspecified atom stereocenters. The highest BCUT2D eigenvalue weighted by Crippen LogP contribution is 2.11. The Morgan fingerprint density at radius 3 is 2.44 bits per heavy atom. The molecule has 0 aliphatic rings. The molecule has 2 atom stereocenters. The number of hydrogen-bond donors (Lipinski definition) is 2. The zero-order valence-electron chi connectivity index (χ0n) is 5.55. The first kappa shape index (κ1) is 9.40. The number of hydrogen-bond acceptors (Lipinski definition) is 2. The Hall–Kier alpha value is 0.400. The van der Waals surface area contributed by atoms with Crippen LogP contribution >= 0.6 is 15.9 Å². The number of halogens is 1. The fourth-order valence-corrected chi connectivity index (χ4v) is 1.21. The van der Waals surface area contributed by atoms with E-state index >= 15 is 0 Å². The second-order valence-corrected chi connectivity index (χ2v) is 3.23. The van der Waals surface area contributed by atoms with E-state index in [0.717, 1.165) is 12.8 Å². The molecule has 0 aliphatic carbocycles. The second kappa shape index (κ2) is 5.21. The quantitative estimate of drug-likeness (QED) is 0.657. The van der Waals surface area contributed by atoms with Gasteiger partial charge in [-0.25, -0.2) is 0 Å². The van der Waals surface area contributed by atoms with Gasteiger partial charge in [0.25, 0.3) is 0 Å². The lowest BCUT2D eigenvalue weighted by Gasteiger charge is -2.12. The summed E-state index contributed by atoms with van der Waals surface area (Å²) >= 11 is 3.25. The van der Waals surface area contributed by atoms with E-state index in [1.54, 1.807) is 0 Å². The minimum atomic E-state index is -0.607. The van der Waals surface area contributed by atoms with E-state index in [1.807, 2.05) is 6.92 Å². The Labute approximate surface area is 64.0 Å². The van der Waals surface area contributed by atoms with E-state index in [0.29, 0.717) is 0 Å². The predicted octanol–water partition coefficient (Wildman–Crippen LogP) is 0.903. The van der Waals surface area contributed by atoms with Crippen molar-refractivity contribution in [1.29, 1.82) is 0 Å². The molecule has 0 saturated carbocycles. The first-order chi connectivity index (χ1) is 4.22. The average Bonchev–Trinajstić information content (AvgIpc) is 1.87. The van der Waals surface area contributed by atoms with Crippen molar-refractivity contribution < 1.29 is 10.2 Å². The third-order valence-electron chi connectivity index (χ3n) is 1.17. The van der Waals surface area contributed by atoms with Gasteiger partial charge in [0.15, 0.2) is 0 Å². The van der Waals surface area contributed by atoms with Crippen molar-refractivity contribution in [3.05, 3.63) is 0 Å². The molecule has 56 valence electrons. The lowest BCUT2D eigenvalue weighted by Crippen LogP contribution is -2.23. The van der Waals surface area contributed by atoms with Gasteiger partial charge in [-0.05, 0) is 6.42 Å². The highest BCUT2D eigenvalue weighted by Gasteiger charge is 2.12. The van der Waals surface area contributed by atoms with Crippen LogP contribution in [0, 0.1) is 0 Å². The van der Waals surface area contributed by atoms with Gasteiger partial charge in [0.1, 0.15) is 0 Å². The highest BCUT2D eigenvalue weighted by molar-refractivity contribution is 9.09. The molecular weight excluding hydrogens is 184 g/mol. The number of aliphatic hydroxyl groups excluding tert-OH is 2. The van der Waals surface area contributed by atoms with Gasteiger partial charge < -0.3 is 10.2 Å². The molecule has 0 rings (SSSR count). The van der Waals surface area contributed by atoms with Crippen molar-refractivity contribution >= 4 is 15.9 Å². The van der Waals surface area contributed by atoms with Gasteiger partial charge in [-0.1, -0.05) is 29.3 Å². The van der Waals surface area contributed by atoms with E-state index in [1.165, 1.54) is 0 Å². The van der Waals surface area contributed by atoms with Gasteiger partial charge >= 0.3 is 0 Å². The smallest absolute Gasteiger partial charge is 0.0895 e. The standard InChI is InChI=1S/C6H13BrO2/c1-2-3-5(7)6(9)4-8/h5-6,8-9H,2-4H2,1H3. The minimum Gasteiger partial charge on any atom is -0.394 e. The summed E-state index contributed by atoms with van der Waals surface area (Å²) < 4.78 is 0.